The van der Waals surface area contributed by atoms with Crippen LogP contribution in [0.2, 0.25) is 0 Å². The Morgan fingerprint density at radius 3 is 2.56 bits per heavy atom. The molecular weight excluding hydrogens is 256 g/mol. The zero-order valence-electron chi connectivity index (χ0n) is 8.31. The third-order valence-electron chi connectivity index (χ3n) is 1.83. The highest BCUT2D eigenvalue weighted by Gasteiger charge is 2.12. The Morgan fingerprint density at radius 2 is 2.12 bits per heavy atom. The molecule has 0 saturated carbocycles. The summed E-state index contributed by atoms with van der Waals surface area (Å²) in [6, 6.07) is 3.84. The number of nitro benzene ring substituents is 1. The molecule has 0 bridgehead atoms. The highest BCUT2D eigenvalue weighted by atomic mass is 35.5. The summed E-state index contributed by atoms with van der Waals surface area (Å²) in [6.07, 6.45) is 0. The molecule has 0 unspecified atom stereocenters. The summed E-state index contributed by atoms with van der Waals surface area (Å²) in [5.74, 6) is 0. The number of nitrogens with zero attached hydrogens (tertiary/aromatic N) is 1. The zero-order chi connectivity index (χ0) is 12.3. The van der Waals surface area contributed by atoms with E-state index in [9.17, 15) is 18.5 Å². The van der Waals surface area contributed by atoms with Crippen molar-refractivity contribution >= 4 is 33.0 Å². The van der Waals surface area contributed by atoms with Crippen molar-refractivity contribution in [2.45, 2.75) is 6.92 Å². The van der Waals surface area contributed by atoms with Gasteiger partial charge in [0.2, 0.25) is 10.0 Å². The quantitative estimate of drug-likeness (QED) is 0.510. The SMILES string of the molecule is Cc1cc([N+](=O)[O-])ccc1NS(=O)(=O)CCl. The molecule has 0 aromatic heterocycles. The summed E-state index contributed by atoms with van der Waals surface area (Å²) in [4.78, 5) is 9.90. The van der Waals surface area contributed by atoms with Crippen LogP contribution >= 0.6 is 11.6 Å². The van der Waals surface area contributed by atoms with Crippen LogP contribution in [0.4, 0.5) is 11.4 Å². The molecule has 88 valence electrons. The van der Waals surface area contributed by atoms with E-state index in [2.05, 4.69) is 4.72 Å². The van der Waals surface area contributed by atoms with Crippen LogP contribution in [0, 0.1) is 17.0 Å². The summed E-state index contributed by atoms with van der Waals surface area (Å²) in [6.45, 7) is 1.57. The van der Waals surface area contributed by atoms with Gasteiger partial charge in [0.05, 0.1) is 10.6 Å². The number of aryl methyl sites for hydroxylation is 1. The molecule has 6 nitrogen and oxygen atoms in total. The van der Waals surface area contributed by atoms with Gasteiger partial charge < -0.3 is 0 Å². The summed E-state index contributed by atoms with van der Waals surface area (Å²) in [7, 11) is -3.58. The third kappa shape index (κ3) is 3.07. The Hall–Kier alpha value is -1.34. The Kier molecular flexibility index (Phi) is 3.71. The van der Waals surface area contributed by atoms with Gasteiger partial charge in [0.15, 0.2) is 0 Å². The minimum Gasteiger partial charge on any atom is -0.282 e. The maximum Gasteiger partial charge on any atom is 0.269 e. The number of benzene rings is 1. The lowest BCUT2D eigenvalue weighted by atomic mass is 10.2. The summed E-state index contributed by atoms with van der Waals surface area (Å²) in [5.41, 5.74) is 0.653. The number of hydrogen-bond donors (Lipinski definition) is 1. The van der Waals surface area contributed by atoms with Gasteiger partial charge in [0, 0.05) is 12.1 Å². The van der Waals surface area contributed by atoms with Crippen molar-refractivity contribution in [3.63, 3.8) is 0 Å². The molecule has 16 heavy (non-hydrogen) atoms. The number of rotatable bonds is 4. The van der Waals surface area contributed by atoms with Crippen LogP contribution in [0.3, 0.4) is 0 Å². The first-order valence-corrected chi connectivity index (χ1v) is 6.36. The number of nitro groups is 1. The average molecular weight is 265 g/mol. The van der Waals surface area contributed by atoms with Crippen LogP contribution in [0.25, 0.3) is 0 Å². The fourth-order valence-electron chi connectivity index (χ4n) is 1.07. The van der Waals surface area contributed by atoms with E-state index in [1.54, 1.807) is 6.92 Å². The Bertz CT molecular complexity index is 515. The van der Waals surface area contributed by atoms with E-state index in [0.717, 1.165) is 0 Å². The first-order valence-electron chi connectivity index (χ1n) is 4.17. The van der Waals surface area contributed by atoms with Gasteiger partial charge in [0.25, 0.3) is 5.69 Å². The molecule has 0 fully saturated rings. The molecule has 1 aromatic rings. The van der Waals surface area contributed by atoms with E-state index >= 15 is 0 Å². The largest absolute Gasteiger partial charge is 0.282 e. The minimum absolute atomic E-state index is 0.0914. The van der Waals surface area contributed by atoms with Gasteiger partial charge >= 0.3 is 0 Å². The normalized spacial score (nSPS) is 11.1. The standard InChI is InChI=1S/C8H9ClN2O4S/c1-6-4-7(11(12)13)2-3-8(6)10-16(14,15)5-9/h2-4,10H,5H2,1H3. The second kappa shape index (κ2) is 4.67. The topological polar surface area (TPSA) is 89.3 Å². The predicted octanol–water partition coefficient (Wildman–Crippen LogP) is 1.84. The Labute approximate surface area is 97.4 Å². The van der Waals surface area contributed by atoms with Gasteiger partial charge in [-0.05, 0) is 18.6 Å². The van der Waals surface area contributed by atoms with Crippen LogP contribution < -0.4 is 4.72 Å². The number of halogens is 1. The number of non-ortho nitro benzene ring substituents is 1. The van der Waals surface area contributed by atoms with Gasteiger partial charge in [-0.2, -0.15) is 0 Å². The highest BCUT2D eigenvalue weighted by Crippen LogP contribution is 2.22. The molecule has 0 radical (unpaired) electrons. The van der Waals surface area contributed by atoms with E-state index in [1.807, 2.05) is 0 Å². The molecule has 0 spiro atoms. The molecule has 0 aliphatic heterocycles. The van der Waals surface area contributed by atoms with Crippen molar-refractivity contribution in [3.8, 4) is 0 Å². The third-order valence-corrected chi connectivity index (χ3v) is 3.51. The van der Waals surface area contributed by atoms with Gasteiger partial charge in [-0.3, -0.25) is 14.8 Å². The Balaban J connectivity index is 3.05. The van der Waals surface area contributed by atoms with Crippen molar-refractivity contribution in [1.29, 1.82) is 0 Å². The van der Waals surface area contributed by atoms with Gasteiger partial charge in [-0.25, -0.2) is 8.42 Å². The number of sulfonamides is 1. The van der Waals surface area contributed by atoms with E-state index < -0.39 is 20.2 Å². The fraction of sp³-hybridized carbons (Fsp3) is 0.250. The minimum atomic E-state index is -3.58. The second-order valence-corrected chi connectivity index (χ2v) is 5.39. The van der Waals surface area contributed by atoms with E-state index in [-0.39, 0.29) is 11.4 Å². The number of nitrogens with one attached hydrogen (secondary N) is 1. The van der Waals surface area contributed by atoms with E-state index in [0.29, 0.717) is 5.56 Å². The lowest BCUT2D eigenvalue weighted by Gasteiger charge is -2.07. The molecule has 0 aliphatic carbocycles. The highest BCUT2D eigenvalue weighted by molar-refractivity contribution is 7.93. The molecule has 1 N–H and O–H groups in total. The second-order valence-electron chi connectivity index (χ2n) is 3.08. The lowest BCUT2D eigenvalue weighted by Crippen LogP contribution is -2.14. The molecule has 0 saturated heterocycles. The molecule has 0 aliphatic rings. The van der Waals surface area contributed by atoms with E-state index in [4.69, 9.17) is 11.6 Å². The monoisotopic (exact) mass is 264 g/mol. The predicted molar refractivity (Wildman–Crippen MR) is 61.1 cm³/mol. The molecule has 1 aromatic carbocycles. The fourth-order valence-corrected chi connectivity index (χ4v) is 1.85. The number of alkyl halides is 1. The maximum absolute atomic E-state index is 11.2. The average Bonchev–Trinajstić information content (AvgIpc) is 2.20. The van der Waals surface area contributed by atoms with Gasteiger partial charge in [0.1, 0.15) is 5.21 Å². The lowest BCUT2D eigenvalue weighted by molar-refractivity contribution is -0.384. The zero-order valence-corrected chi connectivity index (χ0v) is 9.88. The first kappa shape index (κ1) is 12.7. The van der Waals surface area contributed by atoms with Crippen LogP contribution in [-0.4, -0.2) is 18.6 Å². The van der Waals surface area contributed by atoms with Crippen LogP contribution in [0.15, 0.2) is 18.2 Å². The molecule has 8 heteroatoms. The molecule has 0 amide bonds. The van der Waals surface area contributed by atoms with Crippen molar-refractivity contribution < 1.29 is 13.3 Å². The maximum atomic E-state index is 11.2. The summed E-state index contributed by atoms with van der Waals surface area (Å²) < 4.78 is 24.5. The van der Waals surface area contributed by atoms with Gasteiger partial charge in [-0.15, -0.1) is 11.6 Å². The number of anilines is 1. The van der Waals surface area contributed by atoms with Crippen LogP contribution in [-0.2, 0) is 10.0 Å². The van der Waals surface area contributed by atoms with Crippen LogP contribution in [0.1, 0.15) is 5.56 Å². The smallest absolute Gasteiger partial charge is 0.269 e. The van der Waals surface area contributed by atoms with Crippen LogP contribution in [0.5, 0.6) is 0 Å². The first-order chi connectivity index (χ1) is 7.35. The Morgan fingerprint density at radius 1 is 1.50 bits per heavy atom. The molecular formula is C8H9ClN2O4S. The number of hydrogen-bond acceptors (Lipinski definition) is 4. The van der Waals surface area contributed by atoms with Crippen molar-refractivity contribution in [3.05, 3.63) is 33.9 Å². The van der Waals surface area contributed by atoms with Crippen molar-refractivity contribution in [2.75, 3.05) is 9.93 Å². The molecule has 1 rings (SSSR count). The van der Waals surface area contributed by atoms with E-state index in [1.165, 1.54) is 18.2 Å². The van der Waals surface area contributed by atoms with Crippen molar-refractivity contribution in [1.82, 2.24) is 0 Å². The summed E-state index contributed by atoms with van der Waals surface area (Å²) in [5, 5.41) is 9.89. The van der Waals surface area contributed by atoms with Crippen molar-refractivity contribution in [2.24, 2.45) is 0 Å². The summed E-state index contributed by atoms with van der Waals surface area (Å²) >= 11 is 5.22. The molecule has 0 heterocycles. The van der Waals surface area contributed by atoms with Gasteiger partial charge in [-0.1, -0.05) is 0 Å². The molecule has 0 atom stereocenters.